The van der Waals surface area contributed by atoms with Crippen molar-refractivity contribution in [2.24, 2.45) is 0 Å². The first kappa shape index (κ1) is 12.5. The molecule has 0 aliphatic rings. The summed E-state index contributed by atoms with van der Waals surface area (Å²) in [7, 11) is 1.28. The number of carbonyl (C=O) groups is 1. The van der Waals surface area contributed by atoms with E-state index in [-0.39, 0.29) is 5.71 Å². The zero-order valence-corrected chi connectivity index (χ0v) is 10.1. The molecular formula is C11H13ClN2O2. The summed E-state index contributed by atoms with van der Waals surface area (Å²) in [5.41, 5.74) is 2.19. The van der Waals surface area contributed by atoms with Crippen LogP contribution in [-0.4, -0.2) is 18.9 Å². The molecule has 0 aliphatic carbocycles. The van der Waals surface area contributed by atoms with Crippen LogP contribution in [0, 0.1) is 12.3 Å². The Labute approximate surface area is 99.1 Å². The highest BCUT2D eigenvalue weighted by atomic mass is 35.5. The molecule has 16 heavy (non-hydrogen) atoms. The van der Waals surface area contributed by atoms with E-state index in [4.69, 9.17) is 17.0 Å². The van der Waals surface area contributed by atoms with Gasteiger partial charge in [0.25, 0.3) is 0 Å². The lowest BCUT2D eigenvalue weighted by Crippen LogP contribution is -2.14. The number of nitrogens with one attached hydrogen (secondary N) is 2. The second-order valence-electron chi connectivity index (χ2n) is 3.41. The van der Waals surface area contributed by atoms with Gasteiger partial charge < -0.3 is 10.1 Å². The molecular weight excluding hydrogens is 228 g/mol. The number of benzene rings is 1. The third-order valence-corrected chi connectivity index (χ3v) is 2.33. The van der Waals surface area contributed by atoms with Crippen LogP contribution in [0.15, 0.2) is 12.1 Å². The molecule has 1 rings (SSSR count). The zero-order valence-electron chi connectivity index (χ0n) is 9.35. The minimum absolute atomic E-state index is 0.288. The first-order chi connectivity index (χ1) is 7.45. The molecule has 0 spiro atoms. The van der Waals surface area contributed by atoms with Gasteiger partial charge in [0.2, 0.25) is 0 Å². The third kappa shape index (κ3) is 2.73. The van der Waals surface area contributed by atoms with Gasteiger partial charge in [0.05, 0.1) is 17.8 Å². The van der Waals surface area contributed by atoms with E-state index in [1.165, 1.54) is 7.11 Å². The molecule has 0 saturated carbocycles. The average Bonchev–Trinajstić information content (AvgIpc) is 2.15. The van der Waals surface area contributed by atoms with Crippen molar-refractivity contribution in [3.05, 3.63) is 28.3 Å². The van der Waals surface area contributed by atoms with Crippen LogP contribution in [0.5, 0.6) is 0 Å². The van der Waals surface area contributed by atoms with Crippen LogP contribution >= 0.6 is 11.6 Å². The van der Waals surface area contributed by atoms with E-state index in [2.05, 4.69) is 10.1 Å². The second-order valence-corrected chi connectivity index (χ2v) is 3.82. The van der Waals surface area contributed by atoms with E-state index in [0.29, 0.717) is 16.3 Å². The second kappa shape index (κ2) is 4.99. The zero-order chi connectivity index (χ0) is 12.3. The predicted molar refractivity (Wildman–Crippen MR) is 64.7 cm³/mol. The molecule has 0 saturated heterocycles. The molecule has 1 aromatic rings. The standard InChI is InChI=1S/C11H13ClN2O2/c1-6-4-8(12)10(7(2)13)9(5-6)14-11(15)16-3/h4-5,13H,1-3H3,(H,14,15). The number of hydrogen-bond acceptors (Lipinski definition) is 3. The van der Waals surface area contributed by atoms with Crippen molar-refractivity contribution in [3.63, 3.8) is 0 Å². The Morgan fingerprint density at radius 3 is 2.62 bits per heavy atom. The van der Waals surface area contributed by atoms with Crippen molar-refractivity contribution < 1.29 is 9.53 Å². The summed E-state index contributed by atoms with van der Waals surface area (Å²) in [6, 6.07) is 3.49. The largest absolute Gasteiger partial charge is 0.453 e. The number of carbonyl (C=O) groups excluding carboxylic acids is 1. The monoisotopic (exact) mass is 240 g/mol. The van der Waals surface area contributed by atoms with Gasteiger partial charge in [-0.25, -0.2) is 4.79 Å². The maximum atomic E-state index is 11.1. The summed E-state index contributed by atoms with van der Waals surface area (Å²) in [5.74, 6) is 0. The maximum absolute atomic E-state index is 11.1. The van der Waals surface area contributed by atoms with Crippen LogP contribution in [-0.2, 0) is 4.74 Å². The topological polar surface area (TPSA) is 62.2 Å². The van der Waals surface area contributed by atoms with Crippen molar-refractivity contribution in [1.82, 2.24) is 0 Å². The van der Waals surface area contributed by atoms with Gasteiger partial charge in [0, 0.05) is 11.3 Å². The maximum Gasteiger partial charge on any atom is 0.411 e. The van der Waals surface area contributed by atoms with E-state index in [1.54, 1.807) is 19.1 Å². The molecule has 5 heteroatoms. The van der Waals surface area contributed by atoms with E-state index >= 15 is 0 Å². The van der Waals surface area contributed by atoms with Crippen molar-refractivity contribution >= 4 is 29.1 Å². The Morgan fingerprint density at radius 2 is 2.12 bits per heavy atom. The molecule has 0 aromatic heterocycles. The minimum atomic E-state index is -0.579. The Bertz CT molecular complexity index is 444. The number of halogens is 1. The van der Waals surface area contributed by atoms with Gasteiger partial charge in [-0.3, -0.25) is 5.32 Å². The number of hydrogen-bond donors (Lipinski definition) is 2. The summed E-state index contributed by atoms with van der Waals surface area (Å²) in [6.07, 6.45) is -0.579. The summed E-state index contributed by atoms with van der Waals surface area (Å²) >= 11 is 6.02. The van der Waals surface area contributed by atoms with Crippen LogP contribution < -0.4 is 5.32 Å². The minimum Gasteiger partial charge on any atom is -0.453 e. The molecule has 0 fully saturated rings. The Hall–Kier alpha value is -1.55. The summed E-state index contributed by atoms with van der Waals surface area (Å²) in [6.45, 7) is 3.47. The van der Waals surface area contributed by atoms with Crippen LogP contribution in [0.25, 0.3) is 0 Å². The predicted octanol–water partition coefficient (Wildman–Crippen LogP) is 3.21. The van der Waals surface area contributed by atoms with Gasteiger partial charge in [-0.2, -0.15) is 0 Å². The first-order valence-electron chi connectivity index (χ1n) is 4.66. The molecule has 1 amide bonds. The molecule has 0 atom stereocenters. The van der Waals surface area contributed by atoms with Crippen LogP contribution in [0.1, 0.15) is 18.1 Å². The van der Waals surface area contributed by atoms with Gasteiger partial charge in [-0.1, -0.05) is 11.6 Å². The average molecular weight is 241 g/mol. The highest BCUT2D eigenvalue weighted by Gasteiger charge is 2.12. The Balaban J connectivity index is 3.24. The Kier molecular flexibility index (Phi) is 3.90. The summed E-state index contributed by atoms with van der Waals surface area (Å²) in [4.78, 5) is 11.1. The molecule has 0 aliphatic heterocycles. The van der Waals surface area contributed by atoms with Gasteiger partial charge in [-0.05, 0) is 31.5 Å². The molecule has 0 radical (unpaired) electrons. The number of methoxy groups -OCH3 is 1. The highest BCUT2D eigenvalue weighted by Crippen LogP contribution is 2.27. The van der Waals surface area contributed by atoms with Gasteiger partial charge in [-0.15, -0.1) is 0 Å². The van der Waals surface area contributed by atoms with Crippen LogP contribution in [0.3, 0.4) is 0 Å². The lowest BCUT2D eigenvalue weighted by atomic mass is 10.1. The van der Waals surface area contributed by atoms with E-state index < -0.39 is 6.09 Å². The molecule has 0 bridgehead atoms. The number of anilines is 1. The fourth-order valence-electron chi connectivity index (χ4n) is 1.38. The Morgan fingerprint density at radius 1 is 1.50 bits per heavy atom. The van der Waals surface area contributed by atoms with Crippen molar-refractivity contribution in [1.29, 1.82) is 5.41 Å². The van der Waals surface area contributed by atoms with E-state index in [0.717, 1.165) is 5.56 Å². The number of rotatable bonds is 2. The molecule has 4 nitrogen and oxygen atoms in total. The van der Waals surface area contributed by atoms with Crippen molar-refractivity contribution in [3.8, 4) is 0 Å². The van der Waals surface area contributed by atoms with Gasteiger partial charge in [0.1, 0.15) is 0 Å². The fourth-order valence-corrected chi connectivity index (χ4v) is 1.80. The fraction of sp³-hybridized carbons (Fsp3) is 0.273. The van der Waals surface area contributed by atoms with E-state index in [9.17, 15) is 4.79 Å². The van der Waals surface area contributed by atoms with Crippen molar-refractivity contribution in [2.45, 2.75) is 13.8 Å². The molecule has 86 valence electrons. The summed E-state index contributed by atoms with van der Waals surface area (Å²) in [5, 5.41) is 10.6. The third-order valence-electron chi connectivity index (χ3n) is 2.03. The van der Waals surface area contributed by atoms with Gasteiger partial charge >= 0.3 is 6.09 Å². The van der Waals surface area contributed by atoms with Gasteiger partial charge in [0.15, 0.2) is 0 Å². The normalized spacial score (nSPS) is 9.75. The lowest BCUT2D eigenvalue weighted by molar-refractivity contribution is 0.187. The lowest BCUT2D eigenvalue weighted by Gasteiger charge is -2.12. The van der Waals surface area contributed by atoms with E-state index in [1.807, 2.05) is 6.92 Å². The molecule has 0 unspecified atom stereocenters. The number of amides is 1. The molecule has 1 aromatic carbocycles. The molecule has 2 N–H and O–H groups in total. The number of aryl methyl sites for hydroxylation is 1. The molecule has 0 heterocycles. The summed E-state index contributed by atoms with van der Waals surface area (Å²) < 4.78 is 4.51. The first-order valence-corrected chi connectivity index (χ1v) is 5.04. The van der Waals surface area contributed by atoms with Crippen LogP contribution in [0.4, 0.5) is 10.5 Å². The van der Waals surface area contributed by atoms with Crippen molar-refractivity contribution in [2.75, 3.05) is 12.4 Å². The smallest absolute Gasteiger partial charge is 0.411 e. The SMILES string of the molecule is COC(=O)Nc1cc(C)cc(Cl)c1C(C)=N. The quantitative estimate of drug-likeness (QED) is 0.780. The van der Waals surface area contributed by atoms with Crippen LogP contribution in [0.2, 0.25) is 5.02 Å². The highest BCUT2D eigenvalue weighted by molar-refractivity contribution is 6.35. The number of ether oxygens (including phenoxy) is 1.